The average molecular weight is 366 g/mol. The number of carboxylic acid groups (broad SMARTS) is 1. The fourth-order valence-electron chi connectivity index (χ4n) is 2.44. The lowest BCUT2D eigenvalue weighted by Crippen LogP contribution is -2.28. The van der Waals surface area contributed by atoms with Gasteiger partial charge >= 0.3 is 5.97 Å². The molecule has 2 aromatic rings. The van der Waals surface area contributed by atoms with Gasteiger partial charge in [0.05, 0.1) is 0 Å². The van der Waals surface area contributed by atoms with Gasteiger partial charge in [-0.3, -0.25) is 0 Å². The number of sulfonamides is 1. The zero-order chi connectivity index (χ0) is 18.4. The van der Waals surface area contributed by atoms with Crippen molar-refractivity contribution in [3.63, 3.8) is 0 Å². The Labute approximate surface area is 147 Å². The molecule has 8 heteroatoms. The number of aromatic carboxylic acids is 1. The summed E-state index contributed by atoms with van der Waals surface area (Å²) in [4.78, 5) is 12.8. The number of furan rings is 1. The second-order valence-corrected chi connectivity index (χ2v) is 7.55. The molecule has 0 spiro atoms. The Morgan fingerprint density at radius 2 is 1.96 bits per heavy atom. The molecule has 0 aliphatic rings. The van der Waals surface area contributed by atoms with E-state index in [9.17, 15) is 13.2 Å². The molecule has 0 bridgehead atoms. The molecule has 0 saturated carbocycles. The molecule has 0 radical (unpaired) electrons. The number of aryl methyl sites for hydroxylation is 1. The first kappa shape index (κ1) is 19.2. The van der Waals surface area contributed by atoms with Crippen molar-refractivity contribution in [2.45, 2.75) is 24.8 Å². The second kappa shape index (κ2) is 8.28. The Morgan fingerprint density at radius 3 is 2.56 bits per heavy atom. The van der Waals surface area contributed by atoms with Crippen LogP contribution >= 0.6 is 0 Å². The van der Waals surface area contributed by atoms with Gasteiger partial charge in [0, 0.05) is 19.2 Å². The maximum Gasteiger partial charge on any atom is 0.371 e. The standard InChI is InChI=1S/C17H22N2O5S/c1-13-16(11-15(24-13)17(20)21)25(22,23)18-9-6-10-19(2)12-14-7-4-3-5-8-14/h3-5,7-8,11,18H,6,9-10,12H2,1-2H3,(H,20,21). The fraction of sp³-hybridized carbons (Fsp3) is 0.353. The highest BCUT2D eigenvalue weighted by Crippen LogP contribution is 2.19. The fourth-order valence-corrected chi connectivity index (χ4v) is 3.70. The van der Waals surface area contributed by atoms with Crippen LogP contribution in [0.5, 0.6) is 0 Å². The molecule has 2 rings (SSSR count). The van der Waals surface area contributed by atoms with E-state index in [2.05, 4.69) is 9.62 Å². The highest BCUT2D eigenvalue weighted by molar-refractivity contribution is 7.89. The van der Waals surface area contributed by atoms with Gasteiger partial charge in [0.25, 0.3) is 0 Å². The van der Waals surface area contributed by atoms with E-state index in [-0.39, 0.29) is 23.0 Å². The molecule has 0 aliphatic heterocycles. The van der Waals surface area contributed by atoms with Gasteiger partial charge in [-0.15, -0.1) is 0 Å². The highest BCUT2D eigenvalue weighted by atomic mass is 32.2. The summed E-state index contributed by atoms with van der Waals surface area (Å²) in [5.41, 5.74) is 1.20. The minimum absolute atomic E-state index is 0.0612. The molecule has 7 nitrogen and oxygen atoms in total. The summed E-state index contributed by atoms with van der Waals surface area (Å²) < 4.78 is 31.9. The van der Waals surface area contributed by atoms with Crippen LogP contribution in [0, 0.1) is 6.92 Å². The maximum absolute atomic E-state index is 12.2. The van der Waals surface area contributed by atoms with E-state index in [1.54, 1.807) is 0 Å². The first-order chi connectivity index (χ1) is 11.8. The van der Waals surface area contributed by atoms with Crippen molar-refractivity contribution in [1.82, 2.24) is 9.62 Å². The van der Waals surface area contributed by atoms with Gasteiger partial charge in [-0.1, -0.05) is 30.3 Å². The van der Waals surface area contributed by atoms with E-state index in [1.165, 1.54) is 12.5 Å². The first-order valence-corrected chi connectivity index (χ1v) is 9.34. The molecule has 1 heterocycles. The van der Waals surface area contributed by atoms with Crippen molar-refractivity contribution in [2.75, 3.05) is 20.1 Å². The first-order valence-electron chi connectivity index (χ1n) is 7.85. The second-order valence-electron chi connectivity index (χ2n) is 5.81. The molecular formula is C17H22N2O5S. The van der Waals surface area contributed by atoms with Crippen LogP contribution in [0.3, 0.4) is 0 Å². The molecule has 0 aliphatic carbocycles. The van der Waals surface area contributed by atoms with Crippen LogP contribution in [0.2, 0.25) is 0 Å². The zero-order valence-corrected chi connectivity index (χ0v) is 15.0. The molecule has 136 valence electrons. The molecule has 0 amide bonds. The molecule has 0 atom stereocenters. The zero-order valence-electron chi connectivity index (χ0n) is 14.2. The van der Waals surface area contributed by atoms with Crippen LogP contribution < -0.4 is 4.72 Å². The van der Waals surface area contributed by atoms with Crippen molar-refractivity contribution < 1.29 is 22.7 Å². The van der Waals surface area contributed by atoms with Gasteiger partial charge in [-0.2, -0.15) is 0 Å². The third-order valence-corrected chi connectivity index (χ3v) is 5.25. The molecule has 2 N–H and O–H groups in total. The molecular weight excluding hydrogens is 344 g/mol. The van der Waals surface area contributed by atoms with Crippen LogP contribution in [-0.4, -0.2) is 44.5 Å². The Balaban J connectivity index is 1.83. The lowest BCUT2D eigenvalue weighted by atomic mass is 10.2. The van der Waals surface area contributed by atoms with Gasteiger partial charge < -0.3 is 14.4 Å². The maximum atomic E-state index is 12.2. The van der Waals surface area contributed by atoms with Crippen LogP contribution in [0.1, 0.15) is 28.3 Å². The van der Waals surface area contributed by atoms with E-state index in [4.69, 9.17) is 9.52 Å². The predicted molar refractivity (Wildman–Crippen MR) is 93.0 cm³/mol. The van der Waals surface area contributed by atoms with Gasteiger partial charge in [0.2, 0.25) is 15.8 Å². The Kier molecular flexibility index (Phi) is 6.35. The molecule has 0 fully saturated rings. The summed E-state index contributed by atoms with van der Waals surface area (Å²) >= 11 is 0. The number of carboxylic acids is 1. The predicted octanol–water partition coefficient (Wildman–Crippen LogP) is 2.09. The molecule has 25 heavy (non-hydrogen) atoms. The van der Waals surface area contributed by atoms with Crippen molar-refractivity contribution in [3.05, 3.63) is 53.5 Å². The number of hydrogen-bond donors (Lipinski definition) is 2. The van der Waals surface area contributed by atoms with Crippen molar-refractivity contribution in [1.29, 1.82) is 0 Å². The highest BCUT2D eigenvalue weighted by Gasteiger charge is 2.23. The normalized spacial score (nSPS) is 11.8. The minimum atomic E-state index is -3.79. The summed E-state index contributed by atoms with van der Waals surface area (Å²) in [6.45, 7) is 3.20. The topological polar surface area (TPSA) is 99.8 Å². The van der Waals surface area contributed by atoms with Crippen molar-refractivity contribution >= 4 is 16.0 Å². The van der Waals surface area contributed by atoms with Crippen molar-refractivity contribution in [2.24, 2.45) is 0 Å². The Bertz CT molecular complexity index is 815. The lowest BCUT2D eigenvalue weighted by Gasteiger charge is -2.16. The van der Waals surface area contributed by atoms with E-state index in [0.29, 0.717) is 6.42 Å². The van der Waals surface area contributed by atoms with Gasteiger partial charge in [0.15, 0.2) is 0 Å². The van der Waals surface area contributed by atoms with Gasteiger partial charge in [-0.05, 0) is 32.5 Å². The third kappa shape index (κ3) is 5.42. The Hall–Kier alpha value is -2.16. The van der Waals surface area contributed by atoms with Crippen LogP contribution in [-0.2, 0) is 16.6 Å². The molecule has 1 aromatic heterocycles. The molecule has 0 unspecified atom stereocenters. The summed E-state index contributed by atoms with van der Waals surface area (Å²) in [5.74, 6) is -1.63. The molecule has 0 saturated heterocycles. The number of carbonyl (C=O) groups is 1. The number of nitrogens with one attached hydrogen (secondary N) is 1. The van der Waals surface area contributed by atoms with Gasteiger partial charge in [-0.25, -0.2) is 17.9 Å². The monoisotopic (exact) mass is 366 g/mol. The van der Waals surface area contributed by atoms with E-state index in [0.717, 1.165) is 19.2 Å². The third-order valence-electron chi connectivity index (χ3n) is 3.68. The summed E-state index contributed by atoms with van der Waals surface area (Å²) in [7, 11) is -1.81. The quantitative estimate of drug-likeness (QED) is 0.659. The number of benzene rings is 1. The Morgan fingerprint density at radius 1 is 1.28 bits per heavy atom. The van der Waals surface area contributed by atoms with Crippen LogP contribution in [0.25, 0.3) is 0 Å². The smallest absolute Gasteiger partial charge is 0.371 e. The number of hydrogen-bond acceptors (Lipinski definition) is 5. The summed E-state index contributed by atoms with van der Waals surface area (Å²) in [5, 5.41) is 8.87. The average Bonchev–Trinajstić information content (AvgIpc) is 2.96. The lowest BCUT2D eigenvalue weighted by molar-refractivity contribution is 0.0661. The number of nitrogens with zero attached hydrogens (tertiary/aromatic N) is 1. The van der Waals surface area contributed by atoms with E-state index in [1.807, 2.05) is 37.4 Å². The molecule has 1 aromatic carbocycles. The van der Waals surface area contributed by atoms with Crippen LogP contribution in [0.4, 0.5) is 0 Å². The van der Waals surface area contributed by atoms with E-state index >= 15 is 0 Å². The van der Waals surface area contributed by atoms with Crippen molar-refractivity contribution in [3.8, 4) is 0 Å². The minimum Gasteiger partial charge on any atom is -0.475 e. The van der Waals surface area contributed by atoms with E-state index < -0.39 is 16.0 Å². The van der Waals surface area contributed by atoms with Gasteiger partial charge in [0.1, 0.15) is 10.7 Å². The summed E-state index contributed by atoms with van der Waals surface area (Å²) in [6, 6.07) is 11.0. The SMILES string of the molecule is Cc1oc(C(=O)O)cc1S(=O)(=O)NCCCN(C)Cc1ccccc1. The number of rotatable bonds is 9. The summed E-state index contributed by atoms with van der Waals surface area (Å²) in [6.07, 6.45) is 0.630. The van der Waals surface area contributed by atoms with Crippen LogP contribution in [0.15, 0.2) is 45.7 Å². The largest absolute Gasteiger partial charge is 0.475 e.